The lowest BCUT2D eigenvalue weighted by Gasteiger charge is -2.19. The number of carbonyl (C=O) groups is 2. The van der Waals surface area contributed by atoms with Crippen LogP contribution in [0.4, 0.5) is 5.69 Å². The number of carbonyl (C=O) groups excluding carboxylic acids is 2. The molecule has 0 atom stereocenters. The maximum Gasteiger partial charge on any atom is 0.255 e. The number of amides is 2. The maximum atomic E-state index is 12.6. The molecule has 0 heterocycles. The summed E-state index contributed by atoms with van der Waals surface area (Å²) in [5.41, 5.74) is 9.93. The Balaban J connectivity index is 1.62. The summed E-state index contributed by atoms with van der Waals surface area (Å²) >= 11 is 0. The van der Waals surface area contributed by atoms with Gasteiger partial charge in [-0.3, -0.25) is 9.59 Å². The number of nitrogens with two attached hydrogens (primary N) is 1. The van der Waals surface area contributed by atoms with Crippen LogP contribution in [0.1, 0.15) is 58.2 Å². The fourth-order valence-electron chi connectivity index (χ4n) is 3.07. The topological polar surface area (TPSA) is 81.4 Å². The van der Waals surface area contributed by atoms with Crippen molar-refractivity contribution in [3.05, 3.63) is 94.5 Å². The lowest BCUT2D eigenvalue weighted by Crippen LogP contribution is -2.15. The average molecular weight is 417 g/mol. The van der Waals surface area contributed by atoms with Crippen LogP contribution in [0.2, 0.25) is 0 Å². The minimum absolute atomic E-state index is 0.106. The normalized spacial score (nSPS) is 11.1. The van der Waals surface area contributed by atoms with Gasteiger partial charge in [0.1, 0.15) is 12.4 Å². The van der Waals surface area contributed by atoms with Gasteiger partial charge in [-0.25, -0.2) is 0 Å². The maximum absolute atomic E-state index is 12.6. The van der Waals surface area contributed by atoms with E-state index in [9.17, 15) is 9.59 Å². The van der Waals surface area contributed by atoms with Crippen LogP contribution in [0.25, 0.3) is 0 Å². The van der Waals surface area contributed by atoms with E-state index >= 15 is 0 Å². The van der Waals surface area contributed by atoms with Crippen molar-refractivity contribution in [3.8, 4) is 5.75 Å². The molecular weight excluding hydrogens is 388 g/mol. The van der Waals surface area contributed by atoms with Crippen molar-refractivity contribution in [2.45, 2.75) is 39.7 Å². The molecule has 0 unspecified atom stereocenters. The van der Waals surface area contributed by atoms with Gasteiger partial charge < -0.3 is 15.8 Å². The molecule has 0 radical (unpaired) electrons. The summed E-state index contributed by atoms with van der Waals surface area (Å²) in [6, 6.07) is 20.3. The smallest absolute Gasteiger partial charge is 0.255 e. The summed E-state index contributed by atoms with van der Waals surface area (Å²) < 4.78 is 5.86. The highest BCUT2D eigenvalue weighted by Crippen LogP contribution is 2.24. The molecule has 0 aliphatic heterocycles. The number of ether oxygens (including phenoxy) is 1. The zero-order valence-electron chi connectivity index (χ0n) is 18.4. The van der Waals surface area contributed by atoms with Gasteiger partial charge in [0.05, 0.1) is 0 Å². The molecule has 5 heteroatoms. The van der Waals surface area contributed by atoms with Crippen molar-refractivity contribution in [3.63, 3.8) is 0 Å². The summed E-state index contributed by atoms with van der Waals surface area (Å²) in [6.07, 6.45) is 0. The highest BCUT2D eigenvalue weighted by atomic mass is 16.5. The fourth-order valence-corrected chi connectivity index (χ4v) is 3.07. The summed E-state index contributed by atoms with van der Waals surface area (Å²) in [4.78, 5) is 24.0. The summed E-state index contributed by atoms with van der Waals surface area (Å²) in [5.74, 6) is 0.0162. The van der Waals surface area contributed by atoms with Crippen LogP contribution in [-0.2, 0) is 12.0 Å². The molecule has 5 nitrogen and oxygen atoms in total. The Morgan fingerprint density at radius 2 is 1.52 bits per heavy atom. The van der Waals surface area contributed by atoms with Crippen LogP contribution >= 0.6 is 0 Å². The Morgan fingerprint density at radius 3 is 2.10 bits per heavy atom. The molecule has 0 aromatic heterocycles. The van der Waals surface area contributed by atoms with E-state index < -0.39 is 5.91 Å². The lowest BCUT2D eigenvalue weighted by molar-refractivity contribution is 0.0996. The summed E-state index contributed by atoms with van der Waals surface area (Å²) in [6.45, 7) is 8.80. The highest BCUT2D eigenvalue weighted by Gasteiger charge is 2.13. The Labute approximate surface area is 183 Å². The molecule has 0 fully saturated rings. The molecule has 3 N–H and O–H groups in total. The summed E-state index contributed by atoms with van der Waals surface area (Å²) in [7, 11) is 0. The second-order valence-corrected chi connectivity index (χ2v) is 8.61. The second-order valence-electron chi connectivity index (χ2n) is 8.61. The number of hydrogen-bond acceptors (Lipinski definition) is 3. The van der Waals surface area contributed by atoms with Crippen molar-refractivity contribution in [1.29, 1.82) is 0 Å². The minimum atomic E-state index is -0.534. The Kier molecular flexibility index (Phi) is 6.44. The highest BCUT2D eigenvalue weighted by molar-refractivity contribution is 6.05. The first-order valence-corrected chi connectivity index (χ1v) is 10.2. The van der Waals surface area contributed by atoms with Crippen molar-refractivity contribution in [2.24, 2.45) is 5.73 Å². The van der Waals surface area contributed by atoms with Crippen LogP contribution in [0.5, 0.6) is 5.75 Å². The average Bonchev–Trinajstić information content (AvgIpc) is 2.73. The SMILES string of the molecule is Cc1ccc(C(N)=O)cc1NC(=O)c1ccc(COc2ccc(C(C)(C)C)cc2)cc1. The fraction of sp³-hybridized carbons (Fsp3) is 0.231. The van der Waals surface area contributed by atoms with Gasteiger partial charge in [-0.05, 0) is 65.4 Å². The largest absolute Gasteiger partial charge is 0.489 e. The van der Waals surface area contributed by atoms with E-state index in [0.29, 0.717) is 23.4 Å². The lowest BCUT2D eigenvalue weighted by atomic mass is 9.87. The van der Waals surface area contributed by atoms with E-state index in [1.807, 2.05) is 31.2 Å². The molecule has 0 aliphatic carbocycles. The molecule has 0 bridgehead atoms. The summed E-state index contributed by atoms with van der Waals surface area (Å²) in [5, 5.41) is 2.84. The van der Waals surface area contributed by atoms with Crippen molar-refractivity contribution in [2.75, 3.05) is 5.32 Å². The van der Waals surface area contributed by atoms with Gasteiger partial charge in [-0.2, -0.15) is 0 Å². The third-order valence-electron chi connectivity index (χ3n) is 5.11. The number of nitrogens with one attached hydrogen (secondary N) is 1. The van der Waals surface area contributed by atoms with Gasteiger partial charge in [-0.15, -0.1) is 0 Å². The van der Waals surface area contributed by atoms with Gasteiger partial charge in [0.25, 0.3) is 5.91 Å². The van der Waals surface area contributed by atoms with E-state index in [1.54, 1.807) is 30.3 Å². The molecular formula is C26H28N2O3. The molecule has 0 saturated carbocycles. The van der Waals surface area contributed by atoms with Crippen LogP contribution < -0.4 is 15.8 Å². The van der Waals surface area contributed by atoms with Crippen LogP contribution in [0, 0.1) is 6.92 Å². The number of aryl methyl sites for hydroxylation is 1. The van der Waals surface area contributed by atoms with Crippen LogP contribution in [0.15, 0.2) is 66.7 Å². The predicted octanol–water partition coefficient (Wildman–Crippen LogP) is 5.22. The molecule has 31 heavy (non-hydrogen) atoms. The van der Waals surface area contributed by atoms with Crippen LogP contribution in [0.3, 0.4) is 0 Å². The molecule has 0 aliphatic rings. The Hall–Kier alpha value is -3.60. The van der Waals surface area contributed by atoms with Gasteiger partial charge in [0, 0.05) is 16.8 Å². The molecule has 3 rings (SSSR count). The Bertz CT molecular complexity index is 1080. The second kappa shape index (κ2) is 9.04. The minimum Gasteiger partial charge on any atom is -0.489 e. The third-order valence-corrected chi connectivity index (χ3v) is 5.11. The molecule has 2 amide bonds. The predicted molar refractivity (Wildman–Crippen MR) is 124 cm³/mol. The third kappa shape index (κ3) is 5.72. The van der Waals surface area contributed by atoms with Gasteiger partial charge in [-0.1, -0.05) is 51.1 Å². The zero-order chi connectivity index (χ0) is 22.6. The van der Waals surface area contributed by atoms with Gasteiger partial charge >= 0.3 is 0 Å². The first-order chi connectivity index (χ1) is 14.6. The van der Waals surface area contributed by atoms with E-state index in [-0.39, 0.29) is 11.3 Å². The number of anilines is 1. The molecule has 0 saturated heterocycles. The monoisotopic (exact) mass is 416 g/mol. The van der Waals surface area contributed by atoms with Crippen LogP contribution in [-0.4, -0.2) is 11.8 Å². The number of primary amides is 1. The number of benzene rings is 3. The van der Waals surface area contributed by atoms with Crippen molar-refractivity contribution >= 4 is 17.5 Å². The molecule has 3 aromatic rings. The van der Waals surface area contributed by atoms with E-state index in [0.717, 1.165) is 16.9 Å². The van der Waals surface area contributed by atoms with Crippen molar-refractivity contribution < 1.29 is 14.3 Å². The number of hydrogen-bond donors (Lipinski definition) is 2. The van der Waals surface area contributed by atoms with Crippen molar-refractivity contribution in [1.82, 2.24) is 0 Å². The van der Waals surface area contributed by atoms with E-state index in [2.05, 4.69) is 38.2 Å². The standard InChI is InChI=1S/C26H28N2O3/c1-17-5-8-20(24(27)29)15-23(17)28-25(30)19-9-6-18(7-10-19)16-31-22-13-11-21(12-14-22)26(2,3)4/h5-15H,16H2,1-4H3,(H2,27,29)(H,28,30). The van der Waals surface area contributed by atoms with E-state index in [1.165, 1.54) is 5.56 Å². The molecule has 0 spiro atoms. The van der Waals surface area contributed by atoms with Gasteiger partial charge in [0.15, 0.2) is 0 Å². The molecule has 160 valence electrons. The zero-order valence-corrected chi connectivity index (χ0v) is 18.4. The Morgan fingerprint density at radius 1 is 0.903 bits per heavy atom. The quantitative estimate of drug-likeness (QED) is 0.578. The molecule has 3 aromatic carbocycles. The van der Waals surface area contributed by atoms with Gasteiger partial charge in [0.2, 0.25) is 5.91 Å². The number of rotatable bonds is 6. The first kappa shape index (κ1) is 22.1. The van der Waals surface area contributed by atoms with E-state index in [4.69, 9.17) is 10.5 Å². The first-order valence-electron chi connectivity index (χ1n) is 10.2.